The van der Waals surface area contributed by atoms with Crippen LogP contribution in [0.15, 0.2) is 12.3 Å². The molecule has 26 heavy (non-hydrogen) atoms. The van der Waals surface area contributed by atoms with Gasteiger partial charge in [-0.1, -0.05) is 6.42 Å². The average molecular weight is 355 g/mol. The number of aromatic nitrogens is 4. The van der Waals surface area contributed by atoms with Gasteiger partial charge in [0, 0.05) is 49.6 Å². The summed E-state index contributed by atoms with van der Waals surface area (Å²) in [7, 11) is 0. The normalized spacial score (nSPS) is 20.6. The molecule has 0 N–H and O–H groups in total. The fourth-order valence-electron chi connectivity index (χ4n) is 4.35. The molecule has 1 saturated heterocycles. The van der Waals surface area contributed by atoms with E-state index in [0.717, 1.165) is 30.9 Å². The minimum Gasteiger partial charge on any atom is -0.340 e. The van der Waals surface area contributed by atoms with Gasteiger partial charge < -0.3 is 9.47 Å². The topological polar surface area (TPSA) is 56.0 Å². The maximum absolute atomic E-state index is 12.7. The molecule has 2 fully saturated rings. The third-order valence-corrected chi connectivity index (χ3v) is 6.00. The number of hydrogen-bond acceptors (Lipinski definition) is 3. The first kappa shape index (κ1) is 17.3. The van der Waals surface area contributed by atoms with Crippen molar-refractivity contribution < 1.29 is 4.79 Å². The van der Waals surface area contributed by atoms with Gasteiger partial charge in [-0.25, -0.2) is 4.98 Å². The van der Waals surface area contributed by atoms with E-state index < -0.39 is 0 Å². The van der Waals surface area contributed by atoms with E-state index in [9.17, 15) is 4.79 Å². The Balaban J connectivity index is 1.38. The Morgan fingerprint density at radius 1 is 1.19 bits per heavy atom. The third-order valence-electron chi connectivity index (χ3n) is 6.00. The summed E-state index contributed by atoms with van der Waals surface area (Å²) in [6, 6.07) is 2.44. The number of carbonyl (C=O) groups is 1. The molecule has 6 nitrogen and oxygen atoms in total. The van der Waals surface area contributed by atoms with E-state index in [4.69, 9.17) is 0 Å². The van der Waals surface area contributed by atoms with E-state index in [-0.39, 0.29) is 5.91 Å². The van der Waals surface area contributed by atoms with Crippen molar-refractivity contribution in [2.24, 2.45) is 0 Å². The smallest absolute Gasteiger partial charge is 0.224 e. The number of amides is 1. The summed E-state index contributed by atoms with van der Waals surface area (Å²) in [5.41, 5.74) is 3.36. The monoisotopic (exact) mass is 355 g/mol. The van der Waals surface area contributed by atoms with Gasteiger partial charge in [0.05, 0.1) is 11.7 Å². The molecule has 1 atom stereocenters. The Labute approximate surface area is 155 Å². The van der Waals surface area contributed by atoms with Crippen LogP contribution in [0.3, 0.4) is 0 Å². The summed E-state index contributed by atoms with van der Waals surface area (Å²) < 4.78 is 4.35. The molecule has 1 aliphatic carbocycles. The van der Waals surface area contributed by atoms with Gasteiger partial charge in [0.15, 0.2) is 0 Å². The standard InChI is InChI=1S/C20H29N5O/c1-14-11-15(2)24(22-14)10-8-19(26)23-9-7-18(13-23)25-16(3)12-21-20(25)17-5-4-6-17/h11-12,17-18H,4-10,13H2,1-3H3. The number of aryl methyl sites for hydroxylation is 4. The molecule has 1 saturated carbocycles. The van der Waals surface area contributed by atoms with Crippen LogP contribution in [0.25, 0.3) is 0 Å². The summed E-state index contributed by atoms with van der Waals surface area (Å²) in [5.74, 6) is 2.11. The molecule has 140 valence electrons. The van der Waals surface area contributed by atoms with Crippen LogP contribution >= 0.6 is 0 Å². The Morgan fingerprint density at radius 2 is 2.00 bits per heavy atom. The molecule has 2 aromatic rings. The SMILES string of the molecule is Cc1cc(C)n(CCC(=O)N2CCC(n3c(C)cnc3C3CCC3)C2)n1. The zero-order valence-electron chi connectivity index (χ0n) is 16.1. The summed E-state index contributed by atoms with van der Waals surface area (Å²) in [4.78, 5) is 19.4. The zero-order chi connectivity index (χ0) is 18.3. The first-order valence-corrected chi connectivity index (χ1v) is 9.85. The fraction of sp³-hybridized carbons (Fsp3) is 0.650. The van der Waals surface area contributed by atoms with Crippen molar-refractivity contribution >= 4 is 5.91 Å². The Hall–Kier alpha value is -2.11. The summed E-state index contributed by atoms with van der Waals surface area (Å²) in [5, 5.41) is 4.46. The predicted octanol–water partition coefficient (Wildman–Crippen LogP) is 3.14. The maximum atomic E-state index is 12.7. The van der Waals surface area contributed by atoms with E-state index in [1.165, 1.54) is 30.8 Å². The predicted molar refractivity (Wildman–Crippen MR) is 100 cm³/mol. The fourth-order valence-corrected chi connectivity index (χ4v) is 4.35. The van der Waals surface area contributed by atoms with E-state index in [1.54, 1.807) is 0 Å². The van der Waals surface area contributed by atoms with Crippen LogP contribution in [-0.4, -0.2) is 43.2 Å². The van der Waals surface area contributed by atoms with Gasteiger partial charge >= 0.3 is 0 Å². The number of carbonyl (C=O) groups excluding carboxylic acids is 1. The van der Waals surface area contributed by atoms with Gasteiger partial charge in [0.25, 0.3) is 0 Å². The molecule has 1 unspecified atom stereocenters. The molecular weight excluding hydrogens is 326 g/mol. The van der Waals surface area contributed by atoms with Crippen molar-refractivity contribution in [1.29, 1.82) is 0 Å². The second kappa shape index (κ2) is 6.89. The van der Waals surface area contributed by atoms with E-state index in [2.05, 4.69) is 27.6 Å². The van der Waals surface area contributed by atoms with Crippen molar-refractivity contribution in [3.8, 4) is 0 Å². The quantitative estimate of drug-likeness (QED) is 0.828. The highest BCUT2D eigenvalue weighted by atomic mass is 16.2. The molecule has 4 rings (SSSR count). The molecule has 1 amide bonds. The summed E-state index contributed by atoms with van der Waals surface area (Å²) in [6.45, 7) is 8.50. The Morgan fingerprint density at radius 3 is 2.65 bits per heavy atom. The van der Waals surface area contributed by atoms with Gasteiger partial charge in [-0.05, 0) is 46.1 Å². The minimum atomic E-state index is 0.239. The highest BCUT2D eigenvalue weighted by Crippen LogP contribution is 2.38. The molecule has 1 aliphatic heterocycles. The number of imidazole rings is 1. The first-order valence-electron chi connectivity index (χ1n) is 9.85. The van der Waals surface area contributed by atoms with Crippen molar-refractivity contribution in [3.63, 3.8) is 0 Å². The molecule has 2 aromatic heterocycles. The van der Waals surface area contributed by atoms with Crippen LogP contribution in [0.1, 0.15) is 67.0 Å². The second-order valence-corrected chi connectivity index (χ2v) is 7.94. The van der Waals surface area contributed by atoms with Crippen molar-refractivity contribution in [2.75, 3.05) is 13.1 Å². The van der Waals surface area contributed by atoms with Crippen LogP contribution in [0.5, 0.6) is 0 Å². The molecule has 0 bridgehead atoms. The largest absolute Gasteiger partial charge is 0.340 e. The van der Waals surface area contributed by atoms with Crippen LogP contribution in [0.4, 0.5) is 0 Å². The molecule has 6 heteroatoms. The van der Waals surface area contributed by atoms with Gasteiger partial charge in [-0.2, -0.15) is 5.10 Å². The number of nitrogens with zero attached hydrogens (tertiary/aromatic N) is 5. The highest BCUT2D eigenvalue weighted by Gasteiger charge is 2.32. The van der Waals surface area contributed by atoms with Gasteiger partial charge in [0.1, 0.15) is 5.82 Å². The summed E-state index contributed by atoms with van der Waals surface area (Å²) >= 11 is 0. The second-order valence-electron chi connectivity index (χ2n) is 7.94. The number of hydrogen-bond donors (Lipinski definition) is 0. The van der Waals surface area contributed by atoms with Crippen molar-refractivity contribution in [3.05, 3.63) is 35.2 Å². The van der Waals surface area contributed by atoms with E-state index >= 15 is 0 Å². The zero-order valence-corrected chi connectivity index (χ0v) is 16.1. The van der Waals surface area contributed by atoms with Crippen molar-refractivity contribution in [2.45, 2.75) is 71.4 Å². The molecule has 2 aliphatic rings. The lowest BCUT2D eigenvalue weighted by atomic mass is 9.84. The van der Waals surface area contributed by atoms with Crippen LogP contribution in [0.2, 0.25) is 0 Å². The molecular formula is C20H29N5O. The lowest BCUT2D eigenvalue weighted by Crippen LogP contribution is -2.30. The average Bonchev–Trinajstić information content (AvgIpc) is 3.23. The molecule has 0 radical (unpaired) electrons. The lowest BCUT2D eigenvalue weighted by molar-refractivity contribution is -0.130. The van der Waals surface area contributed by atoms with E-state index in [0.29, 0.717) is 24.9 Å². The highest BCUT2D eigenvalue weighted by molar-refractivity contribution is 5.76. The van der Waals surface area contributed by atoms with Crippen LogP contribution in [0, 0.1) is 20.8 Å². The molecule has 3 heterocycles. The first-order chi connectivity index (χ1) is 12.5. The summed E-state index contributed by atoms with van der Waals surface area (Å²) in [6.07, 6.45) is 7.39. The molecule has 0 aromatic carbocycles. The van der Waals surface area contributed by atoms with Gasteiger partial charge in [0.2, 0.25) is 5.91 Å². The lowest BCUT2D eigenvalue weighted by Gasteiger charge is -2.28. The maximum Gasteiger partial charge on any atom is 0.224 e. The minimum absolute atomic E-state index is 0.239. The van der Waals surface area contributed by atoms with E-state index in [1.807, 2.05) is 29.6 Å². The van der Waals surface area contributed by atoms with Crippen molar-refractivity contribution in [1.82, 2.24) is 24.2 Å². The number of likely N-dealkylation sites (tertiary alicyclic amines) is 1. The van der Waals surface area contributed by atoms with Crippen LogP contribution in [-0.2, 0) is 11.3 Å². The third kappa shape index (κ3) is 3.17. The Kier molecular flexibility index (Phi) is 4.59. The molecule has 0 spiro atoms. The Bertz CT molecular complexity index is 801. The van der Waals surface area contributed by atoms with Gasteiger partial charge in [-0.3, -0.25) is 9.48 Å². The van der Waals surface area contributed by atoms with Gasteiger partial charge in [-0.15, -0.1) is 0 Å². The number of rotatable bonds is 5. The van der Waals surface area contributed by atoms with Crippen LogP contribution < -0.4 is 0 Å².